The molecule has 2 aromatic carbocycles. The average molecular weight is 414 g/mol. The zero-order valence-corrected chi connectivity index (χ0v) is 16.8. The predicted octanol–water partition coefficient (Wildman–Crippen LogP) is 6.21. The molecule has 0 spiro atoms. The van der Waals surface area contributed by atoms with Crippen LogP contribution in [-0.4, -0.2) is 17.5 Å². The Balaban J connectivity index is 1.84. The van der Waals surface area contributed by atoms with Gasteiger partial charge in [0.15, 0.2) is 0 Å². The van der Waals surface area contributed by atoms with Gasteiger partial charge in [-0.15, -0.1) is 0 Å². The van der Waals surface area contributed by atoms with Crippen LogP contribution < -0.4 is 0 Å². The Morgan fingerprint density at radius 3 is 2.46 bits per heavy atom. The fourth-order valence-electron chi connectivity index (χ4n) is 3.60. The van der Waals surface area contributed by atoms with Crippen LogP contribution in [0.1, 0.15) is 43.9 Å². The van der Waals surface area contributed by atoms with E-state index in [4.69, 9.17) is 4.74 Å². The topological polar surface area (TPSA) is 29.5 Å². The first-order chi connectivity index (χ1) is 12.4. The molecule has 3 nitrogen and oxygen atoms in total. The monoisotopic (exact) mass is 413 g/mol. The Morgan fingerprint density at radius 1 is 1.23 bits per heavy atom. The maximum absolute atomic E-state index is 12.9. The third-order valence-corrected chi connectivity index (χ3v) is 5.51. The van der Waals surface area contributed by atoms with Gasteiger partial charge in [-0.05, 0) is 37.1 Å². The Kier molecular flexibility index (Phi) is 5.52. The van der Waals surface area contributed by atoms with Gasteiger partial charge in [-0.2, -0.15) is 0 Å². The van der Waals surface area contributed by atoms with E-state index in [9.17, 15) is 4.79 Å². The van der Waals surface area contributed by atoms with Crippen molar-refractivity contribution in [3.05, 3.63) is 82.3 Å². The summed E-state index contributed by atoms with van der Waals surface area (Å²) in [5, 5.41) is 0. The number of nitrogens with zero attached hydrogens (tertiary/aromatic N) is 1. The van der Waals surface area contributed by atoms with Crippen LogP contribution in [0.4, 0.5) is 4.79 Å². The molecule has 0 aliphatic carbocycles. The second kappa shape index (κ2) is 7.67. The fourth-order valence-corrected chi connectivity index (χ4v) is 3.87. The summed E-state index contributed by atoms with van der Waals surface area (Å²) in [6.45, 7) is 8.72. The van der Waals surface area contributed by atoms with Gasteiger partial charge in [-0.3, -0.25) is 0 Å². The first-order valence-electron chi connectivity index (χ1n) is 8.86. The predicted molar refractivity (Wildman–Crippen MR) is 108 cm³/mol. The van der Waals surface area contributed by atoms with Crippen molar-refractivity contribution in [3.63, 3.8) is 0 Å². The van der Waals surface area contributed by atoms with E-state index in [1.807, 2.05) is 73.3 Å². The van der Waals surface area contributed by atoms with E-state index in [0.717, 1.165) is 27.6 Å². The molecule has 0 saturated carbocycles. The zero-order valence-electron chi connectivity index (χ0n) is 15.2. The lowest BCUT2D eigenvalue weighted by Gasteiger charge is -2.43. The van der Waals surface area contributed by atoms with Gasteiger partial charge in [0.2, 0.25) is 0 Å². The number of benzene rings is 2. The van der Waals surface area contributed by atoms with Crippen LogP contribution in [-0.2, 0) is 10.3 Å². The Hall–Kier alpha value is -2.07. The molecule has 2 unspecified atom stereocenters. The highest BCUT2D eigenvalue weighted by Gasteiger charge is 2.43. The van der Waals surface area contributed by atoms with E-state index >= 15 is 0 Å². The second-order valence-electron chi connectivity index (χ2n) is 7.03. The third kappa shape index (κ3) is 3.85. The molecule has 0 radical (unpaired) electrons. The van der Waals surface area contributed by atoms with Gasteiger partial charge in [0.25, 0.3) is 0 Å². The summed E-state index contributed by atoms with van der Waals surface area (Å²) in [6.07, 6.45) is 1.12. The molecule has 2 atom stereocenters. The van der Waals surface area contributed by atoms with E-state index in [2.05, 4.69) is 22.5 Å². The minimum Gasteiger partial charge on any atom is -0.437 e. The van der Waals surface area contributed by atoms with Crippen molar-refractivity contribution in [2.45, 2.75) is 38.3 Å². The lowest BCUT2D eigenvalue weighted by atomic mass is 9.83. The molecule has 3 rings (SSSR count). The van der Waals surface area contributed by atoms with Gasteiger partial charge < -0.3 is 9.64 Å². The van der Waals surface area contributed by atoms with Crippen LogP contribution in [0.15, 0.2) is 71.2 Å². The number of ether oxygens (including phenoxy) is 1. The zero-order chi connectivity index (χ0) is 18.7. The van der Waals surface area contributed by atoms with Crippen molar-refractivity contribution < 1.29 is 9.53 Å². The molecule has 1 saturated heterocycles. The highest BCUT2D eigenvalue weighted by atomic mass is 79.9. The Labute approximate surface area is 163 Å². The first kappa shape index (κ1) is 18.7. The molecule has 1 aliphatic heterocycles. The van der Waals surface area contributed by atoms with Gasteiger partial charge in [0.05, 0.1) is 6.04 Å². The smallest absolute Gasteiger partial charge is 0.411 e. The molecule has 26 heavy (non-hydrogen) atoms. The number of carbonyl (C=O) groups is 1. The lowest BCUT2D eigenvalue weighted by molar-refractivity contribution is -0.0602. The molecule has 136 valence electrons. The van der Waals surface area contributed by atoms with Crippen molar-refractivity contribution in [1.29, 1.82) is 0 Å². The minimum atomic E-state index is -0.625. The van der Waals surface area contributed by atoms with Crippen molar-refractivity contribution >= 4 is 22.0 Å². The molecular weight excluding hydrogens is 390 g/mol. The highest BCUT2D eigenvalue weighted by molar-refractivity contribution is 9.10. The molecule has 1 amide bonds. The van der Waals surface area contributed by atoms with Crippen molar-refractivity contribution in [2.24, 2.45) is 0 Å². The maximum atomic E-state index is 12.9. The molecule has 0 N–H and O–H groups in total. The molecular formula is C22H24BrNO2. The fraction of sp³-hybridized carbons (Fsp3) is 0.318. The van der Waals surface area contributed by atoms with Gasteiger partial charge >= 0.3 is 6.09 Å². The van der Waals surface area contributed by atoms with Crippen LogP contribution in [0.5, 0.6) is 0 Å². The summed E-state index contributed by atoms with van der Waals surface area (Å²) in [7, 11) is 0. The normalized spacial score (nSPS) is 21.2. The van der Waals surface area contributed by atoms with E-state index in [1.165, 1.54) is 0 Å². The second-order valence-corrected chi connectivity index (χ2v) is 7.95. The number of cyclic esters (lactones) is 1. The molecule has 1 aliphatic rings. The van der Waals surface area contributed by atoms with Gasteiger partial charge in [-0.25, -0.2) is 4.79 Å². The number of hydrogen-bond acceptors (Lipinski definition) is 2. The van der Waals surface area contributed by atoms with Crippen LogP contribution in [0.2, 0.25) is 0 Å². The minimum absolute atomic E-state index is 0.0331. The van der Waals surface area contributed by atoms with E-state index < -0.39 is 5.60 Å². The molecule has 1 fully saturated rings. The number of carbonyl (C=O) groups excluding carboxylic acids is 1. The highest BCUT2D eigenvalue weighted by Crippen LogP contribution is 2.41. The standard InChI is InChI=1S/C22H24BrNO2/c1-16(2)15-22(19-7-5-4-6-8-19)13-14-24(21(25)26-22)17(3)18-9-11-20(23)12-10-18/h4-12,17H,1,13-15H2,2-3H3. The van der Waals surface area contributed by atoms with Crippen LogP contribution in [0, 0.1) is 0 Å². The number of rotatable bonds is 5. The number of hydrogen-bond donors (Lipinski definition) is 0. The van der Waals surface area contributed by atoms with Crippen molar-refractivity contribution in [1.82, 2.24) is 4.90 Å². The van der Waals surface area contributed by atoms with Crippen molar-refractivity contribution in [2.75, 3.05) is 6.54 Å². The van der Waals surface area contributed by atoms with Crippen molar-refractivity contribution in [3.8, 4) is 0 Å². The van der Waals surface area contributed by atoms with Crippen LogP contribution in [0.25, 0.3) is 0 Å². The Bertz CT molecular complexity index is 788. The van der Waals surface area contributed by atoms with E-state index in [0.29, 0.717) is 13.0 Å². The largest absolute Gasteiger partial charge is 0.437 e. The summed E-state index contributed by atoms with van der Waals surface area (Å²) in [4.78, 5) is 14.7. The van der Waals surface area contributed by atoms with E-state index in [1.54, 1.807) is 0 Å². The van der Waals surface area contributed by atoms with Gasteiger partial charge in [0, 0.05) is 23.9 Å². The lowest BCUT2D eigenvalue weighted by Crippen LogP contribution is -2.48. The van der Waals surface area contributed by atoms with Gasteiger partial charge in [0.1, 0.15) is 5.60 Å². The molecule has 0 aromatic heterocycles. The van der Waals surface area contributed by atoms with Gasteiger partial charge in [-0.1, -0.05) is 70.5 Å². The quantitative estimate of drug-likeness (QED) is 0.544. The average Bonchev–Trinajstić information content (AvgIpc) is 2.62. The van der Waals surface area contributed by atoms with Crippen LogP contribution >= 0.6 is 15.9 Å². The summed E-state index contributed by atoms with van der Waals surface area (Å²) in [6, 6.07) is 18.0. The summed E-state index contributed by atoms with van der Waals surface area (Å²) < 4.78 is 7.09. The SMILES string of the molecule is C=C(C)CC1(c2ccccc2)CCN(C(C)c2ccc(Br)cc2)C(=O)O1. The number of amides is 1. The number of halogens is 1. The van der Waals surface area contributed by atoms with E-state index in [-0.39, 0.29) is 12.1 Å². The third-order valence-electron chi connectivity index (χ3n) is 4.98. The summed E-state index contributed by atoms with van der Waals surface area (Å²) >= 11 is 3.45. The molecule has 1 heterocycles. The van der Waals surface area contributed by atoms with Crippen LogP contribution in [0.3, 0.4) is 0 Å². The Morgan fingerprint density at radius 2 is 1.88 bits per heavy atom. The summed E-state index contributed by atoms with van der Waals surface area (Å²) in [5.74, 6) is 0. The first-order valence-corrected chi connectivity index (χ1v) is 9.65. The maximum Gasteiger partial charge on any atom is 0.411 e. The molecule has 0 bridgehead atoms. The molecule has 2 aromatic rings. The summed E-state index contributed by atoms with van der Waals surface area (Å²) in [5.41, 5.74) is 2.51. The molecule has 4 heteroatoms.